The topological polar surface area (TPSA) is 84.2 Å². The number of carbonyl (C=O) groups excluding carboxylic acids is 2. The lowest BCUT2D eigenvalue weighted by Crippen LogP contribution is -2.40. The second-order valence-electron chi connectivity index (χ2n) is 6.71. The fraction of sp³-hybridized carbons (Fsp3) is 0.867. The maximum Gasteiger partial charge on any atom is 0.225 e. The van der Waals surface area contributed by atoms with Crippen molar-refractivity contribution in [2.24, 2.45) is 17.1 Å². The van der Waals surface area contributed by atoms with E-state index in [0.29, 0.717) is 31.8 Å². The van der Waals surface area contributed by atoms with Gasteiger partial charge in [-0.3, -0.25) is 9.59 Å². The summed E-state index contributed by atoms with van der Waals surface area (Å²) in [5.74, 6) is 0.525. The predicted molar refractivity (Wildman–Crippen MR) is 80.0 cm³/mol. The van der Waals surface area contributed by atoms with Crippen molar-refractivity contribution in [3.05, 3.63) is 0 Å². The van der Waals surface area contributed by atoms with Gasteiger partial charge < -0.3 is 16.4 Å². The Kier molecular flexibility index (Phi) is 6.46. The van der Waals surface area contributed by atoms with E-state index < -0.39 is 0 Å². The molecule has 0 radical (unpaired) electrons. The number of nitrogens with one attached hydrogen (secondary N) is 2. The van der Waals surface area contributed by atoms with E-state index in [1.807, 2.05) is 20.8 Å². The number of nitrogens with two attached hydrogens (primary N) is 1. The van der Waals surface area contributed by atoms with Gasteiger partial charge in [0.05, 0.1) is 0 Å². The Hall–Kier alpha value is -1.10. The molecule has 0 heterocycles. The zero-order valence-electron chi connectivity index (χ0n) is 13.0. The zero-order valence-corrected chi connectivity index (χ0v) is 13.0. The molecule has 0 aliphatic heterocycles. The Morgan fingerprint density at radius 2 is 1.95 bits per heavy atom. The maximum absolute atomic E-state index is 11.8. The number of hydrogen-bond donors (Lipinski definition) is 3. The minimum atomic E-state index is -0.375. The molecule has 0 bridgehead atoms. The highest BCUT2D eigenvalue weighted by Crippen LogP contribution is 2.24. The maximum atomic E-state index is 11.8. The lowest BCUT2D eigenvalue weighted by Gasteiger charge is -2.20. The van der Waals surface area contributed by atoms with E-state index in [0.717, 1.165) is 19.3 Å². The molecular weight excluding hydrogens is 254 g/mol. The highest BCUT2D eigenvalue weighted by molar-refractivity contribution is 5.81. The summed E-state index contributed by atoms with van der Waals surface area (Å²) in [7, 11) is 0. The molecule has 0 saturated heterocycles. The van der Waals surface area contributed by atoms with Crippen molar-refractivity contribution in [1.82, 2.24) is 10.6 Å². The Labute approximate surface area is 122 Å². The molecule has 1 saturated carbocycles. The highest BCUT2D eigenvalue weighted by Gasteiger charge is 2.27. The summed E-state index contributed by atoms with van der Waals surface area (Å²) in [6.45, 7) is 6.83. The first-order valence-corrected chi connectivity index (χ1v) is 7.62. The van der Waals surface area contributed by atoms with Crippen LogP contribution in [-0.2, 0) is 9.59 Å². The fourth-order valence-corrected chi connectivity index (χ4v) is 2.50. The summed E-state index contributed by atoms with van der Waals surface area (Å²) in [5.41, 5.74) is 5.32. The van der Waals surface area contributed by atoms with E-state index in [-0.39, 0.29) is 23.3 Å². The predicted octanol–water partition coefficient (Wildman–Crippen LogP) is 1.17. The van der Waals surface area contributed by atoms with Gasteiger partial charge in [0, 0.05) is 24.4 Å². The second kappa shape index (κ2) is 7.62. The van der Waals surface area contributed by atoms with Crippen LogP contribution in [0, 0.1) is 11.3 Å². The lowest BCUT2D eigenvalue weighted by molar-refractivity contribution is -0.128. The number of amides is 2. The molecular formula is C15H29N3O2. The third kappa shape index (κ3) is 5.49. The summed E-state index contributed by atoms with van der Waals surface area (Å²) in [5, 5.41) is 5.92. The third-order valence-corrected chi connectivity index (χ3v) is 3.86. The molecule has 2 amide bonds. The van der Waals surface area contributed by atoms with Crippen molar-refractivity contribution in [2.75, 3.05) is 13.1 Å². The van der Waals surface area contributed by atoms with E-state index in [1.54, 1.807) is 0 Å². The van der Waals surface area contributed by atoms with Gasteiger partial charge in [-0.25, -0.2) is 0 Å². The van der Waals surface area contributed by atoms with Gasteiger partial charge >= 0.3 is 0 Å². The van der Waals surface area contributed by atoms with Crippen LogP contribution in [0.4, 0.5) is 0 Å². The first kappa shape index (κ1) is 17.0. The monoisotopic (exact) mass is 283 g/mol. The number of rotatable bonds is 6. The smallest absolute Gasteiger partial charge is 0.225 e. The van der Waals surface area contributed by atoms with Gasteiger partial charge in [-0.05, 0) is 31.7 Å². The van der Waals surface area contributed by atoms with Crippen LogP contribution < -0.4 is 16.4 Å². The molecule has 1 aliphatic rings. The fourth-order valence-electron chi connectivity index (χ4n) is 2.50. The Morgan fingerprint density at radius 3 is 2.55 bits per heavy atom. The molecule has 5 nitrogen and oxygen atoms in total. The van der Waals surface area contributed by atoms with Crippen molar-refractivity contribution < 1.29 is 9.59 Å². The minimum Gasteiger partial charge on any atom is -0.356 e. The lowest BCUT2D eigenvalue weighted by atomic mass is 9.96. The average Bonchev–Trinajstić information content (AvgIpc) is 2.80. The average molecular weight is 283 g/mol. The molecule has 1 aliphatic carbocycles. The van der Waals surface area contributed by atoms with E-state index in [9.17, 15) is 9.59 Å². The third-order valence-electron chi connectivity index (χ3n) is 3.86. The van der Waals surface area contributed by atoms with Gasteiger partial charge in [0.2, 0.25) is 11.8 Å². The Morgan fingerprint density at radius 1 is 1.25 bits per heavy atom. The largest absolute Gasteiger partial charge is 0.356 e. The molecule has 0 aromatic carbocycles. The van der Waals surface area contributed by atoms with Crippen molar-refractivity contribution in [1.29, 1.82) is 0 Å². The van der Waals surface area contributed by atoms with Gasteiger partial charge in [0.25, 0.3) is 0 Å². The van der Waals surface area contributed by atoms with Gasteiger partial charge in [-0.1, -0.05) is 27.2 Å². The summed E-state index contributed by atoms with van der Waals surface area (Å²) in [4.78, 5) is 23.5. The second-order valence-corrected chi connectivity index (χ2v) is 6.71. The van der Waals surface area contributed by atoms with Crippen molar-refractivity contribution in [3.63, 3.8) is 0 Å². The van der Waals surface area contributed by atoms with Crippen molar-refractivity contribution in [2.45, 2.75) is 58.9 Å². The van der Waals surface area contributed by atoms with Crippen LogP contribution in [0.5, 0.6) is 0 Å². The van der Waals surface area contributed by atoms with E-state index in [2.05, 4.69) is 10.6 Å². The van der Waals surface area contributed by atoms with Crippen LogP contribution in [0.25, 0.3) is 0 Å². The summed E-state index contributed by atoms with van der Waals surface area (Å²) in [6.07, 6.45) is 4.43. The molecule has 4 N–H and O–H groups in total. The summed E-state index contributed by atoms with van der Waals surface area (Å²) < 4.78 is 0. The quantitative estimate of drug-likeness (QED) is 0.640. The van der Waals surface area contributed by atoms with Crippen LogP contribution >= 0.6 is 0 Å². The first-order chi connectivity index (χ1) is 9.34. The summed E-state index contributed by atoms with van der Waals surface area (Å²) >= 11 is 0. The molecule has 0 spiro atoms. The van der Waals surface area contributed by atoms with Crippen LogP contribution in [0.3, 0.4) is 0 Å². The molecule has 2 atom stereocenters. The van der Waals surface area contributed by atoms with Gasteiger partial charge in [-0.2, -0.15) is 0 Å². The molecule has 5 heteroatoms. The number of carbonyl (C=O) groups is 2. The van der Waals surface area contributed by atoms with Gasteiger partial charge in [0.1, 0.15) is 0 Å². The highest BCUT2D eigenvalue weighted by atomic mass is 16.2. The zero-order chi connectivity index (χ0) is 15.2. The molecule has 0 aromatic heterocycles. The van der Waals surface area contributed by atoms with Gasteiger partial charge in [0.15, 0.2) is 0 Å². The molecule has 1 rings (SSSR count). The van der Waals surface area contributed by atoms with Crippen LogP contribution in [0.1, 0.15) is 52.9 Å². The van der Waals surface area contributed by atoms with Crippen LogP contribution in [-0.4, -0.2) is 30.9 Å². The number of hydrogen-bond acceptors (Lipinski definition) is 3. The minimum absolute atomic E-state index is 0.0249. The van der Waals surface area contributed by atoms with E-state index in [1.165, 1.54) is 0 Å². The van der Waals surface area contributed by atoms with Crippen LogP contribution in [0.15, 0.2) is 0 Å². The van der Waals surface area contributed by atoms with E-state index in [4.69, 9.17) is 5.73 Å². The molecule has 20 heavy (non-hydrogen) atoms. The SMILES string of the molecule is CC(C)(C)C(=O)NCCCC(=O)NC1CCCC1CN. The normalized spacial score (nSPS) is 22.6. The molecule has 1 fully saturated rings. The van der Waals surface area contributed by atoms with Crippen molar-refractivity contribution >= 4 is 11.8 Å². The van der Waals surface area contributed by atoms with E-state index >= 15 is 0 Å². The van der Waals surface area contributed by atoms with Crippen LogP contribution in [0.2, 0.25) is 0 Å². The Bertz CT molecular complexity index is 337. The molecule has 0 aromatic rings. The van der Waals surface area contributed by atoms with Crippen molar-refractivity contribution in [3.8, 4) is 0 Å². The first-order valence-electron chi connectivity index (χ1n) is 7.62. The Balaban J connectivity index is 2.16. The summed E-state index contributed by atoms with van der Waals surface area (Å²) in [6, 6.07) is 0.247. The molecule has 116 valence electrons. The molecule has 2 unspecified atom stereocenters. The standard InChI is InChI=1S/C15H29N3O2/c1-15(2,3)14(20)17-9-5-8-13(19)18-12-7-4-6-11(12)10-16/h11-12H,4-10,16H2,1-3H3,(H,17,20)(H,18,19). The van der Waals surface area contributed by atoms with Gasteiger partial charge in [-0.15, -0.1) is 0 Å².